The first-order valence-electron chi connectivity index (χ1n) is 10.4. The fourth-order valence-electron chi connectivity index (χ4n) is 3.29. The van der Waals surface area contributed by atoms with Crippen LogP contribution in [0.2, 0.25) is 0 Å². The number of anilines is 1. The number of carbonyl (C=O) groups is 1. The summed E-state index contributed by atoms with van der Waals surface area (Å²) >= 11 is 1.61. The Kier molecular flexibility index (Phi) is 6.32. The predicted molar refractivity (Wildman–Crippen MR) is 128 cm³/mol. The van der Waals surface area contributed by atoms with Crippen LogP contribution in [0.5, 0.6) is 5.75 Å². The molecule has 0 aliphatic heterocycles. The fraction of sp³-hybridized carbons (Fsp3) is 0.250. The molecular weight excluding hydrogens is 422 g/mol. The van der Waals surface area contributed by atoms with E-state index < -0.39 is 0 Å². The topological polar surface area (TPSA) is 103 Å². The third-order valence-electron chi connectivity index (χ3n) is 5.17. The number of fused-ring (bicyclic) bond motifs is 1. The molecule has 164 valence electrons. The molecule has 0 saturated carbocycles. The van der Waals surface area contributed by atoms with Crippen molar-refractivity contribution >= 4 is 33.3 Å². The summed E-state index contributed by atoms with van der Waals surface area (Å²) in [4.78, 5) is 24.7. The monoisotopic (exact) mass is 447 g/mol. The zero-order valence-electron chi connectivity index (χ0n) is 18.2. The van der Waals surface area contributed by atoms with Gasteiger partial charge in [0.2, 0.25) is 5.91 Å². The number of benzene rings is 2. The number of rotatable bonds is 8. The zero-order chi connectivity index (χ0) is 22.7. The van der Waals surface area contributed by atoms with Crippen molar-refractivity contribution < 1.29 is 9.53 Å². The summed E-state index contributed by atoms with van der Waals surface area (Å²) in [6.07, 6.45) is 0. The highest BCUT2D eigenvalue weighted by Gasteiger charge is 2.13. The van der Waals surface area contributed by atoms with Crippen molar-refractivity contribution in [3.63, 3.8) is 0 Å². The molecule has 4 rings (SSSR count). The van der Waals surface area contributed by atoms with E-state index in [-0.39, 0.29) is 24.5 Å². The van der Waals surface area contributed by atoms with Gasteiger partial charge in [-0.05, 0) is 43.7 Å². The minimum absolute atomic E-state index is 0.0155. The molecule has 2 unspecified atom stereocenters. The Labute approximate surface area is 190 Å². The highest BCUT2D eigenvalue weighted by Crippen LogP contribution is 2.28. The molecule has 0 spiro atoms. The van der Waals surface area contributed by atoms with Crippen molar-refractivity contribution in [1.82, 2.24) is 15.0 Å². The van der Waals surface area contributed by atoms with Crippen LogP contribution >= 0.6 is 11.3 Å². The van der Waals surface area contributed by atoms with E-state index >= 15 is 0 Å². The molecule has 0 aliphatic carbocycles. The van der Waals surface area contributed by atoms with E-state index in [2.05, 4.69) is 33.3 Å². The van der Waals surface area contributed by atoms with Crippen molar-refractivity contribution in [2.24, 2.45) is 11.7 Å². The van der Waals surface area contributed by atoms with Gasteiger partial charge in [-0.3, -0.25) is 4.79 Å². The van der Waals surface area contributed by atoms with Gasteiger partial charge in [-0.1, -0.05) is 25.1 Å². The maximum absolute atomic E-state index is 11.2. The number of aromatic nitrogens is 3. The molecule has 2 aromatic heterocycles. The highest BCUT2D eigenvalue weighted by atomic mass is 32.1. The maximum atomic E-state index is 11.2. The van der Waals surface area contributed by atoms with E-state index in [1.165, 1.54) is 0 Å². The van der Waals surface area contributed by atoms with Gasteiger partial charge in [-0.15, -0.1) is 11.3 Å². The summed E-state index contributed by atoms with van der Waals surface area (Å²) in [5.41, 5.74) is 11.1. The Morgan fingerprint density at radius 3 is 2.81 bits per heavy atom. The van der Waals surface area contributed by atoms with Crippen molar-refractivity contribution in [3.05, 3.63) is 65.4 Å². The van der Waals surface area contributed by atoms with Gasteiger partial charge in [-0.2, -0.15) is 0 Å². The molecule has 0 saturated heterocycles. The molecule has 32 heavy (non-hydrogen) atoms. The van der Waals surface area contributed by atoms with Crippen LogP contribution in [0.15, 0.2) is 54.0 Å². The Hall–Kier alpha value is -3.52. The smallest absolute Gasteiger partial charge is 0.223 e. The average molecular weight is 448 g/mol. The van der Waals surface area contributed by atoms with Gasteiger partial charge < -0.3 is 15.8 Å². The van der Waals surface area contributed by atoms with E-state index in [9.17, 15) is 4.79 Å². The summed E-state index contributed by atoms with van der Waals surface area (Å²) in [7, 11) is 0. The molecule has 2 aromatic carbocycles. The van der Waals surface area contributed by atoms with Crippen LogP contribution in [0.25, 0.3) is 21.5 Å². The molecule has 2 heterocycles. The summed E-state index contributed by atoms with van der Waals surface area (Å²) in [6.45, 7) is 5.95. The SMILES string of the molecule is Cc1nc(NC(C)c2cccc(OCC(C)C(N)=O)c2)cc(-c2ccc3ncsc3c2)n1. The lowest BCUT2D eigenvalue weighted by Gasteiger charge is -2.17. The van der Waals surface area contributed by atoms with Gasteiger partial charge in [0.25, 0.3) is 0 Å². The van der Waals surface area contributed by atoms with Gasteiger partial charge in [0.1, 0.15) is 17.4 Å². The van der Waals surface area contributed by atoms with E-state index in [0.717, 1.165) is 32.9 Å². The molecule has 0 bridgehead atoms. The number of nitrogens with zero attached hydrogens (tertiary/aromatic N) is 3. The minimum Gasteiger partial charge on any atom is -0.493 e. The number of thiazole rings is 1. The summed E-state index contributed by atoms with van der Waals surface area (Å²) in [5, 5.41) is 3.46. The van der Waals surface area contributed by atoms with Crippen molar-refractivity contribution in [3.8, 4) is 17.0 Å². The fourth-order valence-corrected chi connectivity index (χ4v) is 4.00. The molecule has 8 heteroatoms. The van der Waals surface area contributed by atoms with Gasteiger partial charge in [0.05, 0.1) is 40.0 Å². The number of hydrogen-bond donors (Lipinski definition) is 2. The number of ether oxygens (including phenoxy) is 1. The number of nitrogens with two attached hydrogens (primary N) is 1. The standard InChI is InChI=1S/C24H25N5O2S/c1-14(24(25)30)12-31-19-6-4-5-17(9-19)15(2)27-23-11-21(28-16(3)29-23)18-7-8-20-22(10-18)32-13-26-20/h4-11,13-15H,12H2,1-3H3,(H2,25,30)(H,27,28,29). The first-order valence-corrected chi connectivity index (χ1v) is 11.2. The second kappa shape index (κ2) is 9.32. The molecule has 0 fully saturated rings. The third-order valence-corrected chi connectivity index (χ3v) is 5.96. The number of aryl methyl sites for hydroxylation is 1. The highest BCUT2D eigenvalue weighted by molar-refractivity contribution is 7.16. The molecule has 2 atom stereocenters. The van der Waals surface area contributed by atoms with Gasteiger partial charge >= 0.3 is 0 Å². The van der Waals surface area contributed by atoms with E-state index in [1.807, 2.05) is 54.9 Å². The first-order chi connectivity index (χ1) is 15.4. The van der Waals surface area contributed by atoms with Crippen molar-refractivity contribution in [2.45, 2.75) is 26.8 Å². The Morgan fingerprint density at radius 2 is 2.00 bits per heavy atom. The molecule has 0 aliphatic rings. The van der Waals surface area contributed by atoms with Crippen molar-refractivity contribution in [1.29, 1.82) is 0 Å². The lowest BCUT2D eigenvalue weighted by Crippen LogP contribution is -2.25. The molecule has 0 radical (unpaired) electrons. The van der Waals surface area contributed by atoms with Gasteiger partial charge in [0, 0.05) is 11.6 Å². The first kappa shape index (κ1) is 21.7. The van der Waals surface area contributed by atoms with E-state index in [4.69, 9.17) is 10.5 Å². The molecule has 3 N–H and O–H groups in total. The number of amides is 1. The Morgan fingerprint density at radius 1 is 1.16 bits per heavy atom. The van der Waals surface area contributed by atoms with Gasteiger partial charge in [-0.25, -0.2) is 15.0 Å². The Bertz CT molecular complexity index is 1260. The molecule has 7 nitrogen and oxygen atoms in total. The van der Waals surface area contributed by atoms with Crippen LogP contribution in [-0.2, 0) is 4.79 Å². The Balaban J connectivity index is 1.51. The number of nitrogens with one attached hydrogen (secondary N) is 1. The average Bonchev–Trinajstić information content (AvgIpc) is 3.25. The van der Waals surface area contributed by atoms with Gasteiger partial charge in [0.15, 0.2) is 0 Å². The third kappa shape index (κ3) is 5.03. The van der Waals surface area contributed by atoms with Crippen LogP contribution in [0.3, 0.4) is 0 Å². The number of primary amides is 1. The number of carbonyl (C=O) groups excluding carboxylic acids is 1. The molecule has 4 aromatic rings. The van der Waals surface area contributed by atoms with Crippen LogP contribution in [0, 0.1) is 12.8 Å². The molecule has 1 amide bonds. The zero-order valence-corrected chi connectivity index (χ0v) is 19.0. The van der Waals surface area contributed by atoms with Crippen LogP contribution < -0.4 is 15.8 Å². The number of hydrogen-bond acceptors (Lipinski definition) is 7. The van der Waals surface area contributed by atoms with Crippen LogP contribution in [0.4, 0.5) is 5.82 Å². The van der Waals surface area contributed by atoms with E-state index in [1.54, 1.807) is 18.3 Å². The second-order valence-corrected chi connectivity index (χ2v) is 8.66. The summed E-state index contributed by atoms with van der Waals surface area (Å²) < 4.78 is 6.87. The summed E-state index contributed by atoms with van der Waals surface area (Å²) in [6, 6.07) is 15.9. The lowest BCUT2D eigenvalue weighted by molar-refractivity contribution is -0.122. The van der Waals surface area contributed by atoms with Crippen LogP contribution in [-0.4, -0.2) is 27.5 Å². The summed E-state index contributed by atoms with van der Waals surface area (Å²) in [5.74, 6) is 1.42. The second-order valence-electron chi connectivity index (χ2n) is 7.77. The minimum atomic E-state index is -0.374. The molecular formula is C24H25N5O2S. The normalized spacial score (nSPS) is 13.0. The van der Waals surface area contributed by atoms with E-state index in [0.29, 0.717) is 11.6 Å². The quantitative estimate of drug-likeness (QED) is 0.405. The predicted octanol–water partition coefficient (Wildman–Crippen LogP) is 4.74. The van der Waals surface area contributed by atoms with Crippen LogP contribution in [0.1, 0.15) is 31.3 Å². The lowest BCUT2D eigenvalue weighted by atomic mass is 10.1. The maximum Gasteiger partial charge on any atom is 0.223 e. The van der Waals surface area contributed by atoms with Crippen molar-refractivity contribution in [2.75, 3.05) is 11.9 Å². The largest absolute Gasteiger partial charge is 0.493 e.